The van der Waals surface area contributed by atoms with Crippen molar-refractivity contribution in [3.63, 3.8) is 0 Å². The number of benzene rings is 2. The van der Waals surface area contributed by atoms with Crippen LogP contribution in [0.15, 0.2) is 42.5 Å². The zero-order valence-corrected chi connectivity index (χ0v) is 15.2. The van der Waals surface area contributed by atoms with Crippen molar-refractivity contribution >= 4 is 21.8 Å². The molecule has 2 rings (SSSR count). The van der Waals surface area contributed by atoms with Crippen LogP contribution >= 0.6 is 0 Å². The molecule has 0 spiro atoms. The Morgan fingerprint density at radius 3 is 2.22 bits per heavy atom. The summed E-state index contributed by atoms with van der Waals surface area (Å²) in [6.45, 7) is 9.71. The summed E-state index contributed by atoms with van der Waals surface area (Å²) in [5.41, 5.74) is 0.598. The van der Waals surface area contributed by atoms with Crippen LogP contribution in [0.1, 0.15) is 40.2 Å². The summed E-state index contributed by atoms with van der Waals surface area (Å²) in [4.78, 5) is 0. The van der Waals surface area contributed by atoms with E-state index >= 15 is 0 Å². The average molecular weight is 328 g/mol. The highest BCUT2D eigenvalue weighted by Crippen LogP contribution is 2.30. The van der Waals surface area contributed by atoms with Gasteiger partial charge in [0.05, 0.1) is 21.8 Å². The Hall–Kier alpha value is -1.70. The van der Waals surface area contributed by atoms with Crippen molar-refractivity contribution in [3.05, 3.63) is 48.0 Å². The van der Waals surface area contributed by atoms with Gasteiger partial charge in [-0.25, -0.2) is 8.93 Å². The van der Waals surface area contributed by atoms with Crippen LogP contribution in [0.25, 0.3) is 10.8 Å². The summed E-state index contributed by atoms with van der Waals surface area (Å²) in [5.74, 6) is 0. The Kier molecular flexibility index (Phi) is 4.93. The summed E-state index contributed by atoms with van der Waals surface area (Å²) in [7, 11) is -1.29. The highest BCUT2D eigenvalue weighted by molar-refractivity contribution is 7.84. The van der Waals surface area contributed by atoms with Crippen molar-refractivity contribution in [2.45, 2.75) is 50.8 Å². The monoisotopic (exact) mass is 328 g/mol. The van der Waals surface area contributed by atoms with Crippen molar-refractivity contribution in [2.24, 2.45) is 0 Å². The number of hydrogen-bond donors (Lipinski definition) is 1. The molecule has 0 saturated carbocycles. The van der Waals surface area contributed by atoms with Gasteiger partial charge in [-0.2, -0.15) is 5.26 Å². The van der Waals surface area contributed by atoms with Gasteiger partial charge in [0.15, 0.2) is 0 Å². The van der Waals surface area contributed by atoms with E-state index < -0.39 is 27.2 Å². The molecule has 0 heterocycles. The Balaban J connectivity index is 2.37. The molecule has 0 radical (unpaired) electrons. The maximum absolute atomic E-state index is 12.4. The highest BCUT2D eigenvalue weighted by Gasteiger charge is 2.35. The van der Waals surface area contributed by atoms with Gasteiger partial charge < -0.3 is 0 Å². The summed E-state index contributed by atoms with van der Waals surface area (Å²) in [6, 6.07) is 16.1. The highest BCUT2D eigenvalue weighted by atomic mass is 32.2. The molecule has 23 heavy (non-hydrogen) atoms. The van der Waals surface area contributed by atoms with E-state index in [0.717, 1.165) is 10.9 Å². The molecule has 0 amide bonds. The van der Waals surface area contributed by atoms with Crippen LogP contribution in [-0.4, -0.2) is 15.0 Å². The van der Waals surface area contributed by atoms with Gasteiger partial charge in [-0.3, -0.25) is 0 Å². The number of hydrogen-bond acceptors (Lipinski definition) is 2. The van der Waals surface area contributed by atoms with Gasteiger partial charge in [-0.15, -0.1) is 0 Å². The van der Waals surface area contributed by atoms with E-state index in [4.69, 9.17) is 0 Å². The van der Waals surface area contributed by atoms with Crippen molar-refractivity contribution in [1.29, 1.82) is 5.26 Å². The first-order valence-corrected chi connectivity index (χ1v) is 8.88. The number of fused-ring (bicyclic) bond motifs is 1. The average Bonchev–Trinajstić information content (AvgIpc) is 2.50. The quantitative estimate of drug-likeness (QED) is 0.920. The third-order valence-corrected chi connectivity index (χ3v) is 5.69. The molecule has 2 atom stereocenters. The predicted octanol–water partition coefficient (Wildman–Crippen LogP) is 4.06. The molecular formula is C19H24N2OS. The van der Waals surface area contributed by atoms with Crippen molar-refractivity contribution < 1.29 is 4.21 Å². The fourth-order valence-corrected chi connectivity index (χ4v) is 3.29. The molecule has 0 aliphatic rings. The molecule has 0 fully saturated rings. The molecule has 0 aliphatic heterocycles. The lowest BCUT2D eigenvalue weighted by Crippen LogP contribution is -2.48. The van der Waals surface area contributed by atoms with E-state index in [1.54, 1.807) is 0 Å². The number of nitriles is 1. The summed E-state index contributed by atoms with van der Waals surface area (Å²) in [5, 5.41) is 11.9. The maximum Gasteiger partial charge on any atom is 0.115 e. The van der Waals surface area contributed by atoms with Gasteiger partial charge in [0.25, 0.3) is 0 Å². The number of nitrogens with zero attached hydrogens (tertiary/aromatic N) is 1. The lowest BCUT2D eigenvalue weighted by atomic mass is 9.78. The molecule has 0 aromatic heterocycles. The lowest BCUT2D eigenvalue weighted by Gasteiger charge is -2.32. The molecule has 0 aliphatic carbocycles. The normalized spacial score (nSPS) is 15.1. The van der Waals surface area contributed by atoms with E-state index in [0.29, 0.717) is 0 Å². The topological polar surface area (TPSA) is 52.9 Å². The van der Waals surface area contributed by atoms with Crippen LogP contribution < -0.4 is 4.72 Å². The standard InChI is InChI=1S/C19H24N2OS/c1-18(2,3)23(22)21-17(13-20)19(4,5)16-11-10-14-8-6-7-9-15(14)12-16/h6-12,17,21H,1-5H3/t17-,23-/m0/s1. The molecule has 122 valence electrons. The van der Waals surface area contributed by atoms with Gasteiger partial charge in [0.1, 0.15) is 6.04 Å². The smallest absolute Gasteiger partial charge is 0.115 e. The van der Waals surface area contributed by atoms with Crippen LogP contribution in [0.4, 0.5) is 0 Å². The van der Waals surface area contributed by atoms with Gasteiger partial charge in [0.2, 0.25) is 0 Å². The van der Waals surface area contributed by atoms with E-state index in [9.17, 15) is 9.47 Å². The molecule has 2 aromatic rings. The minimum Gasteiger partial charge on any atom is -0.242 e. The van der Waals surface area contributed by atoms with Gasteiger partial charge in [-0.05, 0) is 37.1 Å². The summed E-state index contributed by atoms with van der Waals surface area (Å²) >= 11 is 0. The minimum absolute atomic E-state index is 0.408. The fraction of sp³-hybridized carbons (Fsp3) is 0.421. The van der Waals surface area contributed by atoms with Crippen LogP contribution in [0, 0.1) is 11.3 Å². The van der Waals surface area contributed by atoms with Crippen molar-refractivity contribution in [2.75, 3.05) is 0 Å². The van der Waals surface area contributed by atoms with Crippen molar-refractivity contribution in [1.82, 2.24) is 4.72 Å². The second-order valence-electron chi connectivity index (χ2n) is 7.34. The SMILES string of the molecule is CC(C)(c1ccc2ccccc2c1)[C@H](C#N)N[S@@](=O)C(C)(C)C. The predicted molar refractivity (Wildman–Crippen MR) is 97.4 cm³/mol. The van der Waals surface area contributed by atoms with Crippen LogP contribution in [0.2, 0.25) is 0 Å². The second kappa shape index (κ2) is 6.43. The van der Waals surface area contributed by atoms with Crippen LogP contribution in [-0.2, 0) is 16.4 Å². The van der Waals surface area contributed by atoms with Crippen LogP contribution in [0.5, 0.6) is 0 Å². The molecule has 2 aromatic carbocycles. The van der Waals surface area contributed by atoms with Crippen LogP contribution in [0.3, 0.4) is 0 Å². The molecule has 0 bridgehead atoms. The third kappa shape index (κ3) is 3.80. The first kappa shape index (κ1) is 17.7. The largest absolute Gasteiger partial charge is 0.242 e. The van der Waals surface area contributed by atoms with Gasteiger partial charge in [-0.1, -0.05) is 56.3 Å². The molecule has 3 nitrogen and oxygen atoms in total. The molecule has 1 N–H and O–H groups in total. The zero-order valence-electron chi connectivity index (χ0n) is 14.4. The Morgan fingerprint density at radius 1 is 1.04 bits per heavy atom. The van der Waals surface area contributed by atoms with Gasteiger partial charge in [0, 0.05) is 5.41 Å². The number of nitrogens with one attached hydrogen (secondary N) is 1. The zero-order chi connectivity index (χ0) is 17.3. The maximum atomic E-state index is 12.4. The van der Waals surface area contributed by atoms with E-state index in [2.05, 4.69) is 35.1 Å². The third-order valence-electron chi connectivity index (χ3n) is 4.13. The summed E-state index contributed by atoms with van der Waals surface area (Å²) in [6.07, 6.45) is 0. The molecular weight excluding hydrogens is 304 g/mol. The van der Waals surface area contributed by atoms with E-state index in [-0.39, 0.29) is 0 Å². The summed E-state index contributed by atoms with van der Waals surface area (Å²) < 4.78 is 15.0. The Labute approximate surface area is 141 Å². The molecule has 0 saturated heterocycles. The second-order valence-corrected chi connectivity index (χ2v) is 9.34. The minimum atomic E-state index is -1.29. The van der Waals surface area contributed by atoms with E-state index in [1.165, 1.54) is 5.39 Å². The first-order valence-electron chi connectivity index (χ1n) is 7.73. The number of rotatable bonds is 4. The Bertz CT molecular complexity index is 769. The van der Waals surface area contributed by atoms with Gasteiger partial charge >= 0.3 is 0 Å². The lowest BCUT2D eigenvalue weighted by molar-refractivity contribution is 0.446. The fourth-order valence-electron chi connectivity index (χ4n) is 2.38. The molecule has 0 unspecified atom stereocenters. The van der Waals surface area contributed by atoms with Crippen molar-refractivity contribution in [3.8, 4) is 6.07 Å². The molecule has 4 heteroatoms. The Morgan fingerprint density at radius 2 is 1.65 bits per heavy atom. The first-order chi connectivity index (χ1) is 10.7. The van der Waals surface area contributed by atoms with E-state index in [1.807, 2.05) is 52.8 Å².